The van der Waals surface area contributed by atoms with E-state index in [1.165, 1.54) is 29.6 Å². The topological polar surface area (TPSA) is 99.2 Å². The van der Waals surface area contributed by atoms with Crippen molar-refractivity contribution >= 4 is 22.0 Å². The van der Waals surface area contributed by atoms with E-state index in [-0.39, 0.29) is 22.8 Å². The first kappa shape index (κ1) is 17.7. The number of benzene rings is 1. The molecule has 1 aromatic rings. The number of sulfonamides is 1. The summed E-state index contributed by atoms with van der Waals surface area (Å²) in [5.74, 6) is -1.21. The molecule has 0 aliphatic carbocycles. The van der Waals surface area contributed by atoms with Gasteiger partial charge in [0.2, 0.25) is 16.1 Å². The number of esters is 2. The van der Waals surface area contributed by atoms with E-state index in [0.29, 0.717) is 19.5 Å². The number of hydrogen-bond donors (Lipinski definition) is 0. The molecule has 0 N–H and O–H groups in total. The van der Waals surface area contributed by atoms with Crippen LogP contribution < -0.4 is 4.74 Å². The lowest BCUT2D eigenvalue weighted by atomic mass is 10.2. The van der Waals surface area contributed by atoms with Crippen LogP contribution in [0.25, 0.3) is 0 Å². The fourth-order valence-electron chi connectivity index (χ4n) is 2.85. The van der Waals surface area contributed by atoms with Crippen molar-refractivity contribution in [1.29, 1.82) is 0 Å². The molecule has 0 aromatic heterocycles. The van der Waals surface area contributed by atoms with Gasteiger partial charge >= 0.3 is 11.9 Å². The van der Waals surface area contributed by atoms with Crippen molar-refractivity contribution in [3.05, 3.63) is 23.8 Å². The highest BCUT2D eigenvalue weighted by Gasteiger charge is 2.33. The third-order valence-electron chi connectivity index (χ3n) is 4.22. The molecule has 2 fully saturated rings. The Morgan fingerprint density at radius 2 is 2.00 bits per heavy atom. The molecule has 2 aliphatic rings. The van der Waals surface area contributed by atoms with E-state index >= 15 is 0 Å². The molecule has 0 amide bonds. The summed E-state index contributed by atoms with van der Waals surface area (Å²) < 4.78 is 42.0. The Labute approximate surface area is 145 Å². The maximum absolute atomic E-state index is 12.8. The number of hydrogen-bond acceptors (Lipinski definition) is 7. The van der Waals surface area contributed by atoms with Gasteiger partial charge in [-0.3, -0.25) is 0 Å². The van der Waals surface area contributed by atoms with Crippen molar-refractivity contribution in [2.75, 3.05) is 26.8 Å². The SMILES string of the molecule is COc1ccc(C(=O)O[C@@H]2CCOC2=O)cc1S(=O)(=O)N1CCCC1. The van der Waals surface area contributed by atoms with Gasteiger partial charge in [-0.15, -0.1) is 0 Å². The summed E-state index contributed by atoms with van der Waals surface area (Å²) in [5.41, 5.74) is 0.0401. The number of rotatable bonds is 5. The summed E-state index contributed by atoms with van der Waals surface area (Å²) in [6.45, 7) is 1.08. The van der Waals surface area contributed by atoms with Gasteiger partial charge in [-0.05, 0) is 31.0 Å². The van der Waals surface area contributed by atoms with Crippen LogP contribution in [0.1, 0.15) is 29.6 Å². The molecule has 0 spiro atoms. The van der Waals surface area contributed by atoms with Crippen molar-refractivity contribution in [1.82, 2.24) is 4.31 Å². The number of carbonyl (C=O) groups is 2. The van der Waals surface area contributed by atoms with Gasteiger partial charge in [0.05, 0.1) is 19.3 Å². The minimum Gasteiger partial charge on any atom is -0.495 e. The van der Waals surface area contributed by atoms with Crippen molar-refractivity contribution in [2.45, 2.75) is 30.3 Å². The number of ether oxygens (including phenoxy) is 3. The van der Waals surface area contributed by atoms with Crippen LogP contribution in [0.4, 0.5) is 0 Å². The molecular weight excluding hydrogens is 350 g/mol. The van der Waals surface area contributed by atoms with Gasteiger partial charge in [-0.1, -0.05) is 0 Å². The number of carbonyl (C=O) groups excluding carboxylic acids is 2. The fourth-order valence-corrected chi connectivity index (χ4v) is 4.55. The average molecular weight is 369 g/mol. The van der Waals surface area contributed by atoms with Crippen molar-refractivity contribution in [2.24, 2.45) is 0 Å². The maximum Gasteiger partial charge on any atom is 0.347 e. The van der Waals surface area contributed by atoms with Gasteiger partial charge in [-0.25, -0.2) is 18.0 Å². The van der Waals surface area contributed by atoms with Gasteiger partial charge in [0, 0.05) is 19.5 Å². The molecule has 0 saturated carbocycles. The Morgan fingerprint density at radius 3 is 2.60 bits per heavy atom. The van der Waals surface area contributed by atoms with Crippen LogP contribution in [0.15, 0.2) is 23.1 Å². The van der Waals surface area contributed by atoms with Gasteiger partial charge < -0.3 is 14.2 Å². The first-order valence-electron chi connectivity index (χ1n) is 7.99. The summed E-state index contributed by atoms with van der Waals surface area (Å²) in [5, 5.41) is 0. The zero-order chi connectivity index (χ0) is 18.0. The molecule has 3 rings (SSSR count). The van der Waals surface area contributed by atoms with Gasteiger partial charge in [0.1, 0.15) is 10.6 Å². The highest BCUT2D eigenvalue weighted by Crippen LogP contribution is 2.30. The molecule has 2 heterocycles. The minimum atomic E-state index is -3.77. The summed E-state index contributed by atoms with van der Waals surface area (Å²) in [4.78, 5) is 23.6. The Morgan fingerprint density at radius 1 is 1.28 bits per heavy atom. The number of nitrogens with zero attached hydrogens (tertiary/aromatic N) is 1. The van der Waals surface area contributed by atoms with E-state index < -0.39 is 28.1 Å². The van der Waals surface area contributed by atoms with E-state index in [0.717, 1.165) is 12.8 Å². The Balaban J connectivity index is 1.89. The quantitative estimate of drug-likeness (QED) is 0.713. The second-order valence-corrected chi connectivity index (χ2v) is 7.73. The van der Waals surface area contributed by atoms with Crippen LogP contribution in [0.3, 0.4) is 0 Å². The summed E-state index contributed by atoms with van der Waals surface area (Å²) in [6.07, 6.45) is 0.938. The van der Waals surface area contributed by atoms with Gasteiger partial charge in [0.15, 0.2) is 0 Å². The molecule has 0 unspecified atom stereocenters. The molecule has 0 bridgehead atoms. The Hall–Kier alpha value is -2.13. The monoisotopic (exact) mass is 369 g/mol. The summed E-state index contributed by atoms with van der Waals surface area (Å²) in [7, 11) is -2.40. The van der Waals surface area contributed by atoms with Crippen LogP contribution in [-0.2, 0) is 24.3 Å². The van der Waals surface area contributed by atoms with E-state index in [9.17, 15) is 18.0 Å². The largest absolute Gasteiger partial charge is 0.495 e. The van der Waals surface area contributed by atoms with Gasteiger partial charge in [-0.2, -0.15) is 4.31 Å². The van der Waals surface area contributed by atoms with Crippen LogP contribution in [0, 0.1) is 0 Å². The van der Waals surface area contributed by atoms with E-state index in [2.05, 4.69) is 0 Å². The smallest absolute Gasteiger partial charge is 0.347 e. The Kier molecular flexibility index (Phi) is 4.96. The van der Waals surface area contributed by atoms with E-state index in [1.54, 1.807) is 0 Å². The molecule has 9 heteroatoms. The van der Waals surface area contributed by atoms with Crippen LogP contribution >= 0.6 is 0 Å². The molecule has 2 saturated heterocycles. The Bertz CT molecular complexity index is 784. The second kappa shape index (κ2) is 7.01. The average Bonchev–Trinajstić information content (AvgIpc) is 3.27. The second-order valence-electron chi connectivity index (χ2n) is 5.83. The first-order chi connectivity index (χ1) is 11.9. The third-order valence-corrected chi connectivity index (χ3v) is 6.14. The first-order valence-corrected chi connectivity index (χ1v) is 9.43. The molecule has 0 radical (unpaired) electrons. The van der Waals surface area contributed by atoms with E-state index in [4.69, 9.17) is 14.2 Å². The molecule has 1 aromatic carbocycles. The fraction of sp³-hybridized carbons (Fsp3) is 0.500. The predicted octanol–water partition coefficient (Wildman–Crippen LogP) is 0.952. The lowest BCUT2D eigenvalue weighted by Crippen LogP contribution is -2.28. The van der Waals surface area contributed by atoms with Crippen LogP contribution in [0.2, 0.25) is 0 Å². The highest BCUT2D eigenvalue weighted by atomic mass is 32.2. The van der Waals surface area contributed by atoms with Crippen molar-refractivity contribution < 1.29 is 32.2 Å². The molecule has 8 nitrogen and oxygen atoms in total. The predicted molar refractivity (Wildman–Crippen MR) is 85.8 cm³/mol. The summed E-state index contributed by atoms with van der Waals surface area (Å²) in [6, 6.07) is 4.05. The van der Waals surface area contributed by atoms with Crippen molar-refractivity contribution in [3.8, 4) is 5.75 Å². The highest BCUT2D eigenvalue weighted by molar-refractivity contribution is 7.89. The zero-order valence-electron chi connectivity index (χ0n) is 13.8. The molecule has 2 aliphatic heterocycles. The normalized spacial score (nSPS) is 21.2. The lowest BCUT2D eigenvalue weighted by Gasteiger charge is -2.18. The molecule has 136 valence electrons. The van der Waals surface area contributed by atoms with Gasteiger partial charge in [0.25, 0.3) is 0 Å². The third kappa shape index (κ3) is 3.47. The summed E-state index contributed by atoms with van der Waals surface area (Å²) >= 11 is 0. The molecule has 25 heavy (non-hydrogen) atoms. The number of cyclic esters (lactones) is 1. The van der Waals surface area contributed by atoms with Crippen LogP contribution in [-0.4, -0.2) is 57.6 Å². The molecule has 1 atom stereocenters. The van der Waals surface area contributed by atoms with Crippen molar-refractivity contribution in [3.63, 3.8) is 0 Å². The maximum atomic E-state index is 12.8. The minimum absolute atomic E-state index is 0.0401. The molecular formula is C16H19NO7S. The zero-order valence-corrected chi connectivity index (χ0v) is 14.6. The standard InChI is InChI=1S/C16H19NO7S/c1-22-12-5-4-11(15(18)24-13-6-9-23-16(13)19)10-14(12)25(20,21)17-7-2-3-8-17/h4-5,10,13H,2-3,6-9H2,1H3/t13-/m1/s1. The lowest BCUT2D eigenvalue weighted by molar-refractivity contribution is -0.145. The van der Waals surface area contributed by atoms with Crippen LogP contribution in [0.5, 0.6) is 5.75 Å². The number of methoxy groups -OCH3 is 1. The van der Waals surface area contributed by atoms with E-state index in [1.807, 2.05) is 0 Å².